The van der Waals surface area contributed by atoms with E-state index < -0.39 is 129 Å². The van der Waals surface area contributed by atoms with Gasteiger partial charge in [0.2, 0.25) is 12.6 Å². The van der Waals surface area contributed by atoms with Crippen molar-refractivity contribution >= 4 is 29.8 Å². The molecule has 150 heavy (non-hydrogen) atoms. The molecule has 0 aromatic carbocycles. The fourth-order valence-electron chi connectivity index (χ4n) is 23.6. The Kier molecular flexibility index (Phi) is 91.7. The summed E-state index contributed by atoms with van der Waals surface area (Å²) in [6, 6.07) is 0. The van der Waals surface area contributed by atoms with Crippen LogP contribution in [-0.4, -0.2) is 142 Å². The molecule has 4 unspecified atom stereocenters. The number of aliphatic hydroxyl groups is 5. The van der Waals surface area contributed by atoms with E-state index in [1.54, 1.807) is 27.7 Å². The first-order valence-corrected chi connectivity index (χ1v) is 65.2. The van der Waals surface area contributed by atoms with E-state index in [0.29, 0.717) is 37.5 Å². The van der Waals surface area contributed by atoms with E-state index in [4.69, 9.17) is 37.9 Å². The van der Waals surface area contributed by atoms with Crippen LogP contribution in [-0.2, 0) is 61.9 Å². The van der Waals surface area contributed by atoms with Gasteiger partial charge >= 0.3 is 29.8 Å². The van der Waals surface area contributed by atoms with Gasteiger partial charge in [-0.05, 0) is 107 Å². The molecule has 22 atom stereocenters. The fraction of sp³-hybridized carbons (Fsp3) is 0.932. The zero-order valence-corrected chi connectivity index (χ0v) is 101. The van der Waals surface area contributed by atoms with Crippen LogP contribution in [0.1, 0.15) is 644 Å². The number of rotatable bonds is 105. The maximum Gasteiger partial charge on any atom is 0.333 e. The monoisotopic (exact) mass is 2120 g/mol. The molecule has 0 spiro atoms. The highest BCUT2D eigenvalue weighted by molar-refractivity contribution is 5.88. The molecule has 2 saturated heterocycles. The average Bonchev–Trinajstić information content (AvgIpc) is 0.768. The van der Waals surface area contributed by atoms with Gasteiger partial charge in [-0.1, -0.05) is 590 Å². The smallest absolute Gasteiger partial charge is 0.333 e. The molecule has 5 N–H and O–H groups in total. The van der Waals surface area contributed by atoms with Crippen LogP contribution < -0.4 is 0 Å². The first-order chi connectivity index (χ1) is 72.6. The number of unbranched alkanes of at least 4 members (excludes halogenated alkanes) is 68. The highest BCUT2D eigenvalue weighted by atomic mass is 16.8. The molecule has 0 amide bonds. The molecule has 2 fully saturated rings. The average molecular weight is 2120 g/mol. The van der Waals surface area contributed by atoms with Crippen LogP contribution in [0.15, 0.2) is 23.3 Å². The van der Waals surface area contributed by atoms with Gasteiger partial charge in [0.15, 0.2) is 24.4 Å². The number of aliphatic hydroxyl groups excluding tert-OH is 5. The van der Waals surface area contributed by atoms with Crippen LogP contribution >= 0.6 is 0 Å². The number of ether oxygens (including phenoxy) is 8. The van der Waals surface area contributed by atoms with Crippen molar-refractivity contribution in [1.29, 1.82) is 0 Å². The predicted octanol–water partition coefficient (Wildman–Crippen LogP) is 36.4. The standard InChI is InChI=1S/C132H248O18/c1-18-23-28-33-38-43-48-53-57-59-64-68-73-78-83-88-93-106(8)98-110(12)119(135)114(16)129(141)143-103-117-121(137)124(148-130(142)115(17)120(136)111(13)99-107(9)94-89-84-79-74-69-65-60-58-54-49-44-39-34-29-24-19-2)126(146-118(134)95-90-85-80-75-70-61-52-47-42-37-32-27-22-5)132(145-117)150-131-125(149-128(140)113(15)101-109(11)97-105(7)92-87-82-77-72-67-63-56-51-46-41-36-31-26-21-4)122(138)123(116(102-133)144-131)147-127(139)112(14)100-108(10)96-104(6)91-86-81-76-71-66-62-55-50-45-40-35-30-25-20-3/h100-101,104-111,114-117,119-126,131-133,135-138H,18-99,102-103H2,1-17H3/b112-100+,113-101+/t104-,105-,106-,107-,108-,109-,110-,111-,114-,115-,116?,117?,119-,120-,121+,122?,123+,124?,125-,126+,131+,132+/m0/s1. The Hall–Kier alpha value is -3.49. The topological polar surface area (TPSA) is 260 Å². The highest BCUT2D eigenvalue weighted by Crippen LogP contribution is 2.38. The highest BCUT2D eigenvalue weighted by Gasteiger charge is 2.57. The van der Waals surface area contributed by atoms with Crippen molar-refractivity contribution in [2.45, 2.75) is 718 Å². The first-order valence-electron chi connectivity index (χ1n) is 65.2. The Balaban J connectivity index is 2.71. The van der Waals surface area contributed by atoms with E-state index in [2.05, 4.69) is 76.2 Å². The van der Waals surface area contributed by atoms with E-state index in [1.807, 2.05) is 26.0 Å². The lowest BCUT2D eigenvalue weighted by Gasteiger charge is -2.47. The molecule has 2 aliphatic heterocycles. The van der Waals surface area contributed by atoms with Crippen molar-refractivity contribution in [3.63, 3.8) is 0 Å². The summed E-state index contributed by atoms with van der Waals surface area (Å²) in [5.74, 6) is -5.83. The fourth-order valence-corrected chi connectivity index (χ4v) is 23.6. The molecule has 0 bridgehead atoms. The van der Waals surface area contributed by atoms with Crippen LogP contribution in [0.2, 0.25) is 0 Å². The first kappa shape index (κ1) is 143. The molecule has 0 radical (unpaired) electrons. The van der Waals surface area contributed by atoms with Gasteiger partial charge in [0.25, 0.3) is 0 Å². The number of carbonyl (C=O) groups excluding carboxylic acids is 5. The van der Waals surface area contributed by atoms with Gasteiger partial charge in [-0.2, -0.15) is 0 Å². The number of hydrogen-bond donors (Lipinski definition) is 5. The number of carbonyl (C=O) groups is 5. The van der Waals surface area contributed by atoms with Gasteiger partial charge in [-0.3, -0.25) is 14.4 Å². The Morgan fingerprint density at radius 1 is 0.280 bits per heavy atom. The molecular formula is C132H248O18. The molecule has 884 valence electrons. The van der Waals surface area contributed by atoms with Crippen LogP contribution in [0, 0.1) is 59.2 Å². The summed E-state index contributed by atoms with van der Waals surface area (Å²) < 4.78 is 52.1. The summed E-state index contributed by atoms with van der Waals surface area (Å²) in [6.07, 6.45) is 81.7. The quantitative estimate of drug-likeness (QED) is 0.0164. The summed E-state index contributed by atoms with van der Waals surface area (Å²) in [7, 11) is 0. The van der Waals surface area contributed by atoms with Crippen molar-refractivity contribution in [2.75, 3.05) is 13.2 Å². The van der Waals surface area contributed by atoms with E-state index in [-0.39, 0.29) is 53.1 Å². The maximum atomic E-state index is 15.2. The summed E-state index contributed by atoms with van der Waals surface area (Å²) in [6.45, 7) is 33.2. The maximum absolute atomic E-state index is 15.2. The Bertz CT molecular complexity index is 3180. The summed E-state index contributed by atoms with van der Waals surface area (Å²) in [4.78, 5) is 74.5. The van der Waals surface area contributed by atoms with E-state index in [0.717, 1.165) is 103 Å². The molecule has 2 rings (SSSR count). The molecule has 2 heterocycles. The molecule has 2 aliphatic rings. The summed E-state index contributed by atoms with van der Waals surface area (Å²) in [5, 5.41) is 61.9. The van der Waals surface area contributed by atoms with Crippen molar-refractivity contribution in [2.24, 2.45) is 59.2 Å². The van der Waals surface area contributed by atoms with E-state index >= 15 is 9.59 Å². The van der Waals surface area contributed by atoms with E-state index in [1.165, 1.54) is 392 Å². The summed E-state index contributed by atoms with van der Waals surface area (Å²) in [5.41, 5.74) is 0.491. The van der Waals surface area contributed by atoms with Gasteiger partial charge in [0, 0.05) is 17.6 Å². The third-order valence-corrected chi connectivity index (χ3v) is 33.5. The normalized spacial score (nSPS) is 20.7. The molecular weight excluding hydrogens is 1870 g/mol. The Morgan fingerprint density at radius 2 is 0.527 bits per heavy atom. The lowest BCUT2D eigenvalue weighted by molar-refractivity contribution is -0.377. The zero-order chi connectivity index (χ0) is 110. The van der Waals surface area contributed by atoms with Gasteiger partial charge in [-0.15, -0.1) is 0 Å². The number of hydrogen-bond acceptors (Lipinski definition) is 18. The molecule has 0 aromatic rings. The lowest BCUT2D eigenvalue weighted by Crippen LogP contribution is -2.66. The summed E-state index contributed by atoms with van der Waals surface area (Å²) >= 11 is 0. The van der Waals surface area contributed by atoms with Crippen LogP contribution in [0.4, 0.5) is 0 Å². The second-order valence-electron chi connectivity index (χ2n) is 49.1. The van der Waals surface area contributed by atoms with Crippen molar-refractivity contribution < 1.29 is 87.4 Å². The second kappa shape index (κ2) is 96.4. The third kappa shape index (κ3) is 72.6. The van der Waals surface area contributed by atoms with E-state index in [9.17, 15) is 39.9 Å². The Morgan fingerprint density at radius 3 is 0.813 bits per heavy atom. The van der Waals surface area contributed by atoms with Crippen LogP contribution in [0.25, 0.3) is 0 Å². The van der Waals surface area contributed by atoms with Crippen molar-refractivity contribution in [1.82, 2.24) is 0 Å². The number of esters is 5. The third-order valence-electron chi connectivity index (χ3n) is 33.5. The largest absolute Gasteiger partial charge is 0.463 e. The molecule has 0 aliphatic carbocycles. The van der Waals surface area contributed by atoms with Gasteiger partial charge < -0.3 is 63.4 Å². The zero-order valence-electron chi connectivity index (χ0n) is 101. The SMILES string of the molecule is CCCCCCCCCCCCCCCCCC[C@H](C)C[C@H](C)[C@H](O)[C@H](C)C(=O)OCC1O[C@H](O[C@H]2OC(CO)[C@@H](OC(=O)/C(C)=C/[C@@H](C)C[C@@H](C)CCCCCCCCCCCCCCCC)C(O)[C@@H]2OC(=O)/C(C)=C/[C@@H](C)C[C@@H](C)CCCCCCCCCCCCCCCC)[C@H](OC(=O)CCCCCCCCCCCCCCC)C(OC(=O)[C@@H](C)[C@@H](O)[C@@H](C)C[C@@H](C)CCCCCCCCCCCCCCCCCC)[C@@H]1O. The van der Waals surface area contributed by atoms with Gasteiger partial charge in [0.05, 0.1) is 30.7 Å². The van der Waals surface area contributed by atoms with Crippen molar-refractivity contribution in [3.05, 3.63) is 23.3 Å². The van der Waals surface area contributed by atoms with Crippen LogP contribution in [0.3, 0.4) is 0 Å². The molecule has 18 heteroatoms. The molecule has 0 aromatic heterocycles. The molecule has 18 nitrogen and oxygen atoms in total. The van der Waals surface area contributed by atoms with Gasteiger partial charge in [-0.25, -0.2) is 9.59 Å². The molecule has 0 saturated carbocycles. The van der Waals surface area contributed by atoms with Crippen LogP contribution in [0.5, 0.6) is 0 Å². The minimum absolute atomic E-state index is 0.0217. The lowest BCUT2D eigenvalue weighted by atomic mass is 9.85. The van der Waals surface area contributed by atoms with Crippen molar-refractivity contribution in [3.8, 4) is 0 Å². The van der Waals surface area contributed by atoms with Gasteiger partial charge in [0.1, 0.15) is 31.0 Å². The number of allylic oxidation sites excluding steroid dienone is 2. The second-order valence-corrected chi connectivity index (χ2v) is 49.1. The Labute approximate surface area is 925 Å². The minimum Gasteiger partial charge on any atom is -0.463 e. The minimum atomic E-state index is -1.97. The predicted molar refractivity (Wildman–Crippen MR) is 626 cm³/mol.